The summed E-state index contributed by atoms with van der Waals surface area (Å²) in [6.45, 7) is 5.13. The smallest absolute Gasteiger partial charge is 0.194 e. The molecule has 0 saturated carbocycles. The quantitative estimate of drug-likeness (QED) is 0.310. The maximum absolute atomic E-state index is 6.13. The Morgan fingerprint density at radius 1 is 1.12 bits per heavy atom. The van der Waals surface area contributed by atoms with E-state index in [1.54, 1.807) is 0 Å². The van der Waals surface area contributed by atoms with Gasteiger partial charge >= 0.3 is 0 Å². The molecule has 2 fully saturated rings. The molecule has 0 radical (unpaired) electrons. The van der Waals surface area contributed by atoms with Crippen molar-refractivity contribution in [3.05, 3.63) is 66.0 Å². The molecule has 3 aromatic rings. The van der Waals surface area contributed by atoms with Gasteiger partial charge in [0.2, 0.25) is 0 Å². The Bertz CT molecular complexity index is 1070. The molecule has 0 bridgehead atoms. The number of nitrogens with zero attached hydrogens (tertiary/aromatic N) is 5. The summed E-state index contributed by atoms with van der Waals surface area (Å²) < 4.78 is 8.28. The highest BCUT2D eigenvalue weighted by atomic mass is 127. The second-order valence-electron chi connectivity index (χ2n) is 8.31. The molecule has 2 unspecified atom stereocenters. The number of morpholine rings is 1. The normalized spacial score (nSPS) is 21.4. The number of ether oxygens (including phenoxy) is 1. The number of benzene rings is 2. The highest BCUT2D eigenvalue weighted by molar-refractivity contribution is 14.0. The lowest BCUT2D eigenvalue weighted by Crippen LogP contribution is -2.50. The molecule has 32 heavy (non-hydrogen) atoms. The number of aliphatic imine (C=N–C) groups is 1. The number of hydrogen-bond donors (Lipinski definition) is 1. The van der Waals surface area contributed by atoms with Gasteiger partial charge in [0, 0.05) is 40.3 Å². The van der Waals surface area contributed by atoms with Crippen molar-refractivity contribution < 1.29 is 4.74 Å². The molecule has 1 aromatic heterocycles. The van der Waals surface area contributed by atoms with E-state index in [0.717, 1.165) is 55.6 Å². The van der Waals surface area contributed by atoms with Crippen molar-refractivity contribution in [2.24, 2.45) is 12.0 Å². The van der Waals surface area contributed by atoms with E-state index in [1.165, 1.54) is 5.56 Å². The minimum Gasteiger partial charge on any atom is -0.373 e. The fourth-order valence-corrected chi connectivity index (χ4v) is 4.79. The van der Waals surface area contributed by atoms with Crippen molar-refractivity contribution in [3.8, 4) is 0 Å². The van der Waals surface area contributed by atoms with Crippen molar-refractivity contribution in [2.75, 3.05) is 33.3 Å². The van der Waals surface area contributed by atoms with Gasteiger partial charge in [-0.2, -0.15) is 0 Å². The van der Waals surface area contributed by atoms with E-state index in [1.807, 2.05) is 19.2 Å². The zero-order valence-corrected chi connectivity index (χ0v) is 21.0. The monoisotopic (exact) mass is 546 g/mol. The predicted molar refractivity (Wildman–Crippen MR) is 138 cm³/mol. The number of para-hydroxylation sites is 2. The molecule has 2 aromatic carbocycles. The molecule has 2 aliphatic heterocycles. The molecular weight excluding hydrogens is 515 g/mol. The number of rotatable bonds is 4. The number of likely N-dealkylation sites (tertiary alicyclic amines) is 1. The van der Waals surface area contributed by atoms with Gasteiger partial charge in [0.25, 0.3) is 0 Å². The van der Waals surface area contributed by atoms with Gasteiger partial charge < -0.3 is 19.5 Å². The molecule has 2 saturated heterocycles. The summed E-state index contributed by atoms with van der Waals surface area (Å²) in [7, 11) is 3.91. The number of aryl methyl sites for hydroxylation is 1. The van der Waals surface area contributed by atoms with Crippen LogP contribution in [0.3, 0.4) is 0 Å². The van der Waals surface area contributed by atoms with Crippen molar-refractivity contribution in [1.82, 2.24) is 24.7 Å². The number of aromatic nitrogens is 2. The molecule has 170 valence electrons. The first-order valence-corrected chi connectivity index (χ1v) is 11.0. The molecule has 2 aliphatic rings. The lowest BCUT2D eigenvalue weighted by Gasteiger charge is -2.36. The summed E-state index contributed by atoms with van der Waals surface area (Å²) >= 11 is 0. The van der Waals surface area contributed by atoms with Gasteiger partial charge in [-0.05, 0) is 17.7 Å². The average molecular weight is 546 g/mol. The highest BCUT2D eigenvalue weighted by Gasteiger charge is 2.41. The van der Waals surface area contributed by atoms with Crippen LogP contribution >= 0.6 is 24.0 Å². The fraction of sp³-hybridized carbons (Fsp3) is 0.417. The molecule has 3 heterocycles. The minimum absolute atomic E-state index is 0. The zero-order valence-electron chi connectivity index (χ0n) is 18.6. The third-order valence-electron chi connectivity index (χ3n) is 6.44. The van der Waals surface area contributed by atoms with Gasteiger partial charge in [0.1, 0.15) is 5.82 Å². The van der Waals surface area contributed by atoms with E-state index in [9.17, 15) is 0 Å². The summed E-state index contributed by atoms with van der Waals surface area (Å²) in [5.74, 6) is 1.91. The highest BCUT2D eigenvalue weighted by Crippen LogP contribution is 2.25. The Hall–Kier alpha value is -2.17. The van der Waals surface area contributed by atoms with Gasteiger partial charge in [-0.25, -0.2) is 4.98 Å². The Kier molecular flexibility index (Phi) is 7.32. The zero-order chi connectivity index (χ0) is 21.2. The van der Waals surface area contributed by atoms with E-state index >= 15 is 0 Å². The number of hydrogen-bond acceptors (Lipinski definition) is 4. The van der Waals surface area contributed by atoms with Crippen LogP contribution in [-0.4, -0.2) is 70.7 Å². The van der Waals surface area contributed by atoms with Crippen LogP contribution in [0.1, 0.15) is 11.4 Å². The summed E-state index contributed by atoms with van der Waals surface area (Å²) in [6.07, 6.45) is 0.215. The van der Waals surface area contributed by atoms with Crippen LogP contribution in [-0.2, 0) is 24.9 Å². The second-order valence-corrected chi connectivity index (χ2v) is 8.31. The Labute approximate surface area is 206 Å². The SMILES string of the molecule is CN=C(NCc1nc2ccccc2n1C)N1CC2OCCN(Cc3ccccc3)C2C1.I. The summed E-state index contributed by atoms with van der Waals surface area (Å²) in [5.41, 5.74) is 3.52. The van der Waals surface area contributed by atoms with Gasteiger partial charge in [-0.1, -0.05) is 42.5 Å². The topological polar surface area (TPSA) is 57.9 Å². The molecule has 5 rings (SSSR count). The molecule has 8 heteroatoms. The van der Waals surface area contributed by atoms with E-state index < -0.39 is 0 Å². The first-order valence-electron chi connectivity index (χ1n) is 11.0. The van der Waals surface area contributed by atoms with Crippen LogP contribution in [0.25, 0.3) is 11.0 Å². The van der Waals surface area contributed by atoms with E-state index in [-0.39, 0.29) is 30.1 Å². The van der Waals surface area contributed by atoms with Crippen LogP contribution in [0.15, 0.2) is 59.6 Å². The number of guanidine groups is 1. The molecule has 0 aliphatic carbocycles. The molecular formula is C24H31IN6O. The fourth-order valence-electron chi connectivity index (χ4n) is 4.79. The maximum Gasteiger partial charge on any atom is 0.194 e. The van der Waals surface area contributed by atoms with Gasteiger partial charge in [0.15, 0.2) is 5.96 Å². The molecule has 2 atom stereocenters. The number of halogens is 1. The minimum atomic E-state index is 0. The molecule has 0 spiro atoms. The standard InChI is InChI=1S/C24H30N6O.HI/c1-25-24(26-14-23-27-19-10-6-7-11-20(19)28(23)2)30-16-21-22(17-30)31-13-12-29(21)15-18-8-4-3-5-9-18;/h3-11,21-22H,12-17H2,1-2H3,(H,25,26);1H. The third kappa shape index (κ3) is 4.62. The molecule has 1 N–H and O–H groups in total. The van der Waals surface area contributed by atoms with Crippen LogP contribution < -0.4 is 5.32 Å². The summed E-state index contributed by atoms with van der Waals surface area (Å²) in [4.78, 5) is 14.2. The third-order valence-corrected chi connectivity index (χ3v) is 6.44. The van der Waals surface area contributed by atoms with Crippen LogP contribution in [0.5, 0.6) is 0 Å². The van der Waals surface area contributed by atoms with Crippen molar-refractivity contribution in [1.29, 1.82) is 0 Å². The first-order chi connectivity index (χ1) is 15.2. The van der Waals surface area contributed by atoms with Gasteiger partial charge in [0.05, 0.1) is 36.3 Å². The second kappa shape index (κ2) is 10.2. The Balaban J connectivity index is 0.00000245. The number of fused-ring (bicyclic) bond motifs is 2. The van der Waals surface area contributed by atoms with Gasteiger partial charge in [-0.15, -0.1) is 24.0 Å². The molecule has 7 nitrogen and oxygen atoms in total. The lowest BCUT2D eigenvalue weighted by atomic mass is 10.1. The van der Waals surface area contributed by atoms with E-state index in [0.29, 0.717) is 12.6 Å². The first kappa shape index (κ1) is 23.0. The number of nitrogens with one attached hydrogen (secondary N) is 1. The van der Waals surface area contributed by atoms with Crippen molar-refractivity contribution >= 4 is 41.0 Å². The van der Waals surface area contributed by atoms with Crippen LogP contribution in [0.2, 0.25) is 0 Å². The molecule has 0 amide bonds. The largest absolute Gasteiger partial charge is 0.373 e. The Morgan fingerprint density at radius 2 is 1.91 bits per heavy atom. The number of imidazole rings is 1. The summed E-state index contributed by atoms with van der Waals surface area (Å²) in [5, 5.41) is 3.52. The van der Waals surface area contributed by atoms with Crippen molar-refractivity contribution in [3.63, 3.8) is 0 Å². The van der Waals surface area contributed by atoms with Crippen LogP contribution in [0.4, 0.5) is 0 Å². The van der Waals surface area contributed by atoms with Crippen LogP contribution in [0, 0.1) is 0 Å². The Morgan fingerprint density at radius 3 is 2.69 bits per heavy atom. The van der Waals surface area contributed by atoms with Gasteiger partial charge in [-0.3, -0.25) is 9.89 Å². The predicted octanol–water partition coefficient (Wildman–Crippen LogP) is 2.85. The van der Waals surface area contributed by atoms with E-state index in [4.69, 9.17) is 9.72 Å². The summed E-state index contributed by atoms with van der Waals surface area (Å²) in [6, 6.07) is 19.3. The average Bonchev–Trinajstić information content (AvgIpc) is 3.37. The van der Waals surface area contributed by atoms with E-state index in [2.05, 4.69) is 74.2 Å². The maximum atomic E-state index is 6.13. The lowest BCUT2D eigenvalue weighted by molar-refractivity contribution is -0.0502. The van der Waals surface area contributed by atoms with Crippen molar-refractivity contribution in [2.45, 2.75) is 25.2 Å².